The zero-order valence-corrected chi connectivity index (χ0v) is 16.6. The van der Waals surface area contributed by atoms with Crippen molar-refractivity contribution >= 4 is 11.5 Å². The van der Waals surface area contributed by atoms with E-state index in [1.165, 1.54) is 12.1 Å². The summed E-state index contributed by atoms with van der Waals surface area (Å²) in [5.74, 6) is -1.99. The van der Waals surface area contributed by atoms with E-state index >= 15 is 0 Å². The number of aryl methyl sites for hydroxylation is 2. The minimum absolute atomic E-state index is 0.0259. The Morgan fingerprint density at radius 2 is 1.87 bits per heavy atom. The molecule has 2 aromatic rings. The molecule has 11 heteroatoms. The van der Waals surface area contributed by atoms with Gasteiger partial charge in [0, 0.05) is 37.7 Å². The summed E-state index contributed by atoms with van der Waals surface area (Å²) in [5, 5.41) is 12.8. The van der Waals surface area contributed by atoms with E-state index in [2.05, 4.69) is 15.3 Å². The van der Waals surface area contributed by atoms with Gasteiger partial charge in [-0.15, -0.1) is 0 Å². The number of piperidine rings is 1. The molecule has 1 atom stereocenters. The van der Waals surface area contributed by atoms with Gasteiger partial charge < -0.3 is 19.7 Å². The Kier molecular flexibility index (Phi) is 6.21. The number of aliphatic hydroxyl groups is 1. The van der Waals surface area contributed by atoms with Crippen LogP contribution in [-0.2, 0) is 6.42 Å². The van der Waals surface area contributed by atoms with Crippen molar-refractivity contribution in [2.75, 3.05) is 29.9 Å². The van der Waals surface area contributed by atoms with Crippen LogP contribution in [0.4, 0.5) is 33.5 Å². The second kappa shape index (κ2) is 8.37. The van der Waals surface area contributed by atoms with Crippen LogP contribution in [0.25, 0.3) is 0 Å². The summed E-state index contributed by atoms with van der Waals surface area (Å²) in [6.07, 6.45) is -6.39. The number of alkyl halides is 5. The highest BCUT2D eigenvalue weighted by molar-refractivity contribution is 5.56. The Bertz CT molecular complexity index is 855. The van der Waals surface area contributed by atoms with E-state index in [-0.39, 0.29) is 49.8 Å². The van der Waals surface area contributed by atoms with Crippen LogP contribution in [0.1, 0.15) is 42.0 Å². The number of hydrogen-bond donors (Lipinski definition) is 2. The lowest BCUT2D eigenvalue weighted by Crippen LogP contribution is -2.39. The van der Waals surface area contributed by atoms with Gasteiger partial charge in [0.15, 0.2) is 5.89 Å². The van der Waals surface area contributed by atoms with Crippen molar-refractivity contribution in [1.82, 2.24) is 9.97 Å². The first-order chi connectivity index (χ1) is 13.9. The van der Waals surface area contributed by atoms with E-state index in [0.29, 0.717) is 17.1 Å². The fourth-order valence-electron chi connectivity index (χ4n) is 3.16. The molecule has 30 heavy (non-hydrogen) atoms. The second-order valence-corrected chi connectivity index (χ2v) is 7.42. The maximum atomic E-state index is 13.5. The molecular formula is C19H23F5N4O2. The lowest BCUT2D eigenvalue weighted by Gasteiger charge is -2.33. The van der Waals surface area contributed by atoms with Crippen LogP contribution in [0.5, 0.6) is 0 Å². The Morgan fingerprint density at radius 1 is 1.20 bits per heavy atom. The summed E-state index contributed by atoms with van der Waals surface area (Å²) in [6, 6.07) is 2.86. The van der Waals surface area contributed by atoms with Crippen LogP contribution < -0.4 is 10.2 Å². The van der Waals surface area contributed by atoms with Crippen molar-refractivity contribution in [3.05, 3.63) is 35.2 Å². The maximum absolute atomic E-state index is 13.5. The minimum Gasteiger partial charge on any atom is -0.446 e. The number of aliphatic hydroxyl groups excluding tert-OH is 1. The molecule has 1 aliphatic rings. The SMILES string of the molecule is Cc1nc(CC(O)c2cc(N3CCC(F)(F)CC3)cc(NCC(F)(F)F)n2)oc1C. The zero-order valence-electron chi connectivity index (χ0n) is 16.6. The summed E-state index contributed by atoms with van der Waals surface area (Å²) in [5.41, 5.74) is 1.18. The molecule has 0 amide bonds. The van der Waals surface area contributed by atoms with Crippen molar-refractivity contribution in [3.63, 3.8) is 0 Å². The van der Waals surface area contributed by atoms with Gasteiger partial charge in [-0.05, 0) is 19.9 Å². The highest BCUT2D eigenvalue weighted by Gasteiger charge is 2.34. The van der Waals surface area contributed by atoms with E-state index in [0.717, 1.165) is 0 Å². The standard InChI is InChI=1S/C19H23F5N4O2/c1-11-12(2)30-17(26-11)9-15(29)14-7-13(28-5-3-18(20,21)4-6-28)8-16(27-14)25-10-19(22,23)24/h7-8,15,29H,3-6,9-10H2,1-2H3,(H,25,27). The number of aromatic nitrogens is 2. The first kappa shape index (κ1) is 22.3. The lowest BCUT2D eigenvalue weighted by atomic mass is 10.1. The summed E-state index contributed by atoms with van der Waals surface area (Å²) in [7, 11) is 0. The zero-order chi connectivity index (χ0) is 22.1. The van der Waals surface area contributed by atoms with Crippen LogP contribution >= 0.6 is 0 Å². The van der Waals surface area contributed by atoms with Crippen molar-refractivity contribution in [2.45, 2.75) is 51.3 Å². The molecule has 1 aliphatic heterocycles. The molecule has 166 valence electrons. The third-order valence-corrected chi connectivity index (χ3v) is 4.94. The molecular weight excluding hydrogens is 411 g/mol. The second-order valence-electron chi connectivity index (χ2n) is 7.42. The highest BCUT2D eigenvalue weighted by Crippen LogP contribution is 2.33. The molecule has 1 saturated heterocycles. The smallest absolute Gasteiger partial charge is 0.405 e. The highest BCUT2D eigenvalue weighted by atomic mass is 19.4. The van der Waals surface area contributed by atoms with Crippen LogP contribution in [0.3, 0.4) is 0 Å². The van der Waals surface area contributed by atoms with E-state index in [4.69, 9.17) is 4.42 Å². The molecule has 0 spiro atoms. The molecule has 3 rings (SSSR count). The van der Waals surface area contributed by atoms with E-state index in [1.54, 1.807) is 18.7 Å². The monoisotopic (exact) mass is 434 g/mol. The lowest BCUT2D eigenvalue weighted by molar-refractivity contribution is -0.115. The van der Waals surface area contributed by atoms with Gasteiger partial charge in [0.2, 0.25) is 0 Å². The normalized spacial score (nSPS) is 17.8. The molecule has 3 heterocycles. The van der Waals surface area contributed by atoms with Crippen molar-refractivity contribution in [1.29, 1.82) is 0 Å². The quantitative estimate of drug-likeness (QED) is 0.665. The van der Waals surface area contributed by atoms with E-state index in [9.17, 15) is 27.1 Å². The molecule has 0 aromatic carbocycles. The average molecular weight is 434 g/mol. The largest absolute Gasteiger partial charge is 0.446 e. The van der Waals surface area contributed by atoms with Gasteiger partial charge in [0.25, 0.3) is 5.92 Å². The Hall–Kier alpha value is -2.43. The third kappa shape index (κ3) is 5.80. The van der Waals surface area contributed by atoms with Gasteiger partial charge in [-0.1, -0.05) is 0 Å². The average Bonchev–Trinajstić information content (AvgIpc) is 2.96. The van der Waals surface area contributed by atoms with E-state index < -0.39 is 24.7 Å². The summed E-state index contributed by atoms with van der Waals surface area (Å²) in [6.45, 7) is 2.25. The van der Waals surface area contributed by atoms with Gasteiger partial charge in [-0.3, -0.25) is 0 Å². The van der Waals surface area contributed by atoms with Gasteiger partial charge in [-0.25, -0.2) is 18.7 Å². The summed E-state index contributed by atoms with van der Waals surface area (Å²) in [4.78, 5) is 9.91. The third-order valence-electron chi connectivity index (χ3n) is 4.94. The molecule has 2 aromatic heterocycles. The van der Waals surface area contributed by atoms with Crippen LogP contribution in [0, 0.1) is 13.8 Å². The van der Waals surface area contributed by atoms with E-state index in [1.807, 2.05) is 0 Å². The van der Waals surface area contributed by atoms with Crippen LogP contribution in [0.2, 0.25) is 0 Å². The number of hydrogen-bond acceptors (Lipinski definition) is 6. The predicted octanol–water partition coefficient (Wildman–Crippen LogP) is 4.17. The molecule has 0 aliphatic carbocycles. The molecule has 0 radical (unpaired) electrons. The Balaban J connectivity index is 1.84. The molecule has 6 nitrogen and oxygen atoms in total. The fraction of sp³-hybridized carbons (Fsp3) is 0.579. The summed E-state index contributed by atoms with van der Waals surface area (Å²) >= 11 is 0. The molecule has 1 fully saturated rings. The number of oxazole rings is 1. The number of anilines is 2. The van der Waals surface area contributed by atoms with Gasteiger partial charge in [0.1, 0.15) is 24.2 Å². The number of halogens is 5. The van der Waals surface area contributed by atoms with Crippen molar-refractivity contribution in [2.24, 2.45) is 0 Å². The molecule has 0 bridgehead atoms. The maximum Gasteiger partial charge on any atom is 0.405 e. The first-order valence-corrected chi connectivity index (χ1v) is 9.48. The number of rotatable bonds is 6. The number of pyridine rings is 1. The van der Waals surface area contributed by atoms with Crippen LogP contribution in [0.15, 0.2) is 16.5 Å². The Labute approximate surface area is 170 Å². The number of nitrogens with zero attached hydrogens (tertiary/aromatic N) is 3. The number of nitrogens with one attached hydrogen (secondary N) is 1. The van der Waals surface area contributed by atoms with Crippen molar-refractivity contribution in [3.8, 4) is 0 Å². The van der Waals surface area contributed by atoms with Gasteiger partial charge >= 0.3 is 6.18 Å². The first-order valence-electron chi connectivity index (χ1n) is 9.48. The van der Waals surface area contributed by atoms with Crippen molar-refractivity contribution < 1.29 is 31.5 Å². The topological polar surface area (TPSA) is 74.4 Å². The minimum atomic E-state index is -4.46. The Morgan fingerprint density at radius 3 is 2.43 bits per heavy atom. The fourth-order valence-corrected chi connectivity index (χ4v) is 3.16. The molecule has 0 saturated carbocycles. The predicted molar refractivity (Wildman–Crippen MR) is 99.8 cm³/mol. The van der Waals surface area contributed by atoms with Gasteiger partial charge in [-0.2, -0.15) is 13.2 Å². The molecule has 1 unspecified atom stereocenters. The summed E-state index contributed by atoms with van der Waals surface area (Å²) < 4.78 is 70.2. The van der Waals surface area contributed by atoms with Crippen LogP contribution in [-0.4, -0.2) is 46.8 Å². The molecule has 2 N–H and O–H groups in total. The van der Waals surface area contributed by atoms with Gasteiger partial charge in [0.05, 0.1) is 17.8 Å².